The van der Waals surface area contributed by atoms with Gasteiger partial charge in [-0.1, -0.05) is 136 Å². The highest BCUT2D eigenvalue weighted by molar-refractivity contribution is 6.73. The fraction of sp³-hybridized carbons (Fsp3) is 1.00. The van der Waals surface area contributed by atoms with Gasteiger partial charge in [-0.15, -0.1) is 0 Å². The summed E-state index contributed by atoms with van der Waals surface area (Å²) >= 11 is 0. The van der Waals surface area contributed by atoms with Crippen molar-refractivity contribution in [2.75, 3.05) is 19.8 Å². The molecule has 0 amide bonds. The normalized spacial score (nSPS) is 12.0. The lowest BCUT2D eigenvalue weighted by Crippen LogP contribution is -2.39. The minimum atomic E-state index is -1.63. The van der Waals surface area contributed by atoms with Crippen molar-refractivity contribution in [3.63, 3.8) is 0 Å². The number of hydrogen-bond acceptors (Lipinski definition) is 2. The highest BCUT2D eigenvalue weighted by Gasteiger charge is 2.33. The quantitative estimate of drug-likeness (QED) is 0.0951. The Kier molecular flexibility index (Phi) is 24.9. The van der Waals surface area contributed by atoms with E-state index in [1.807, 2.05) is 0 Å². The molecule has 0 saturated carbocycles. The predicted molar refractivity (Wildman–Crippen MR) is 143 cm³/mol. The molecule has 3 heteroatoms. The molecule has 0 rings (SSSR count). The first-order chi connectivity index (χ1) is 15.2. The molecule has 0 bridgehead atoms. The second-order valence-electron chi connectivity index (χ2n) is 9.78. The molecule has 0 heterocycles. The Morgan fingerprint density at radius 1 is 0.419 bits per heavy atom. The van der Waals surface area contributed by atoms with E-state index in [0.29, 0.717) is 0 Å². The first-order valence-electron chi connectivity index (χ1n) is 14.5. The smallest absolute Gasteiger partial charge is 0.192 e. The van der Waals surface area contributed by atoms with Crippen LogP contribution in [0.3, 0.4) is 0 Å². The molecule has 0 N–H and O–H groups in total. The highest BCUT2D eigenvalue weighted by Crippen LogP contribution is 2.31. The van der Waals surface area contributed by atoms with E-state index in [4.69, 9.17) is 9.16 Å². The zero-order valence-corrected chi connectivity index (χ0v) is 23.3. The topological polar surface area (TPSA) is 18.5 Å². The van der Waals surface area contributed by atoms with Crippen LogP contribution in [-0.4, -0.2) is 28.1 Å². The Morgan fingerprint density at radius 3 is 1.13 bits per heavy atom. The first-order valence-corrected chi connectivity index (χ1v) is 17.0. The van der Waals surface area contributed by atoms with Crippen LogP contribution < -0.4 is 0 Å². The Balaban J connectivity index is 4.68. The third-order valence-corrected chi connectivity index (χ3v) is 11.4. The number of ether oxygens (including phenoxy) is 1. The van der Waals surface area contributed by atoms with Gasteiger partial charge in [-0.05, 0) is 25.1 Å². The van der Waals surface area contributed by atoms with E-state index in [1.54, 1.807) is 0 Å². The van der Waals surface area contributed by atoms with E-state index in [0.717, 1.165) is 19.8 Å². The molecular formula is C28H60O2Si. The van der Waals surface area contributed by atoms with E-state index < -0.39 is 8.32 Å². The van der Waals surface area contributed by atoms with Crippen LogP contribution in [0.5, 0.6) is 0 Å². The Bertz CT molecular complexity index is 294. The summed E-state index contributed by atoms with van der Waals surface area (Å²) in [6.07, 6.45) is 25.2. The summed E-state index contributed by atoms with van der Waals surface area (Å²) in [5.41, 5.74) is 0. The molecule has 0 aromatic rings. The van der Waals surface area contributed by atoms with E-state index in [9.17, 15) is 0 Å². The van der Waals surface area contributed by atoms with Crippen molar-refractivity contribution in [3.8, 4) is 0 Å². The lowest BCUT2D eigenvalue weighted by molar-refractivity contribution is 0.105. The molecule has 0 unspecified atom stereocenters. The van der Waals surface area contributed by atoms with E-state index in [1.165, 1.54) is 134 Å². The van der Waals surface area contributed by atoms with Crippen LogP contribution in [0.1, 0.15) is 143 Å². The molecule has 2 nitrogen and oxygen atoms in total. The van der Waals surface area contributed by atoms with Crippen LogP contribution in [0.15, 0.2) is 0 Å². The summed E-state index contributed by atoms with van der Waals surface area (Å²) in [6.45, 7) is 11.5. The van der Waals surface area contributed by atoms with Crippen molar-refractivity contribution in [1.29, 1.82) is 0 Å². The Labute approximate surface area is 198 Å². The fourth-order valence-corrected chi connectivity index (χ4v) is 9.12. The van der Waals surface area contributed by atoms with Gasteiger partial charge in [0.2, 0.25) is 0 Å². The molecular weight excluding hydrogens is 396 g/mol. The van der Waals surface area contributed by atoms with E-state index in [-0.39, 0.29) is 0 Å². The van der Waals surface area contributed by atoms with Crippen LogP contribution in [0.2, 0.25) is 18.1 Å². The zero-order chi connectivity index (χ0) is 22.9. The molecule has 0 aliphatic heterocycles. The molecule has 0 spiro atoms. The standard InChI is InChI=1S/C28H60O2Si/c1-5-9-12-15-18-21-26-31(30-25-24-29-8-4,27-22-19-16-13-10-6-2)28-23-20-17-14-11-7-3/h5-28H2,1-4H3. The molecule has 188 valence electrons. The lowest BCUT2D eigenvalue weighted by atomic mass is 10.1. The van der Waals surface area contributed by atoms with Gasteiger partial charge in [0.15, 0.2) is 8.32 Å². The third-order valence-electron chi connectivity index (χ3n) is 6.80. The SMILES string of the molecule is CCCCCCCC[Si](CCCCCCCC)(CCCCCCCC)OCCOCC. The molecule has 0 aliphatic carbocycles. The van der Waals surface area contributed by atoms with Gasteiger partial charge in [-0.3, -0.25) is 0 Å². The van der Waals surface area contributed by atoms with Crippen molar-refractivity contribution in [3.05, 3.63) is 0 Å². The minimum Gasteiger partial charge on any atom is -0.414 e. The maximum absolute atomic E-state index is 6.83. The summed E-state index contributed by atoms with van der Waals surface area (Å²) in [5, 5.41) is 0. The Hall–Kier alpha value is 0.137. The van der Waals surface area contributed by atoms with Crippen molar-refractivity contribution in [2.45, 2.75) is 161 Å². The van der Waals surface area contributed by atoms with Crippen molar-refractivity contribution in [1.82, 2.24) is 0 Å². The molecule has 0 aliphatic rings. The molecule has 0 fully saturated rings. The summed E-state index contributed by atoms with van der Waals surface area (Å²) in [7, 11) is -1.63. The number of hydrogen-bond donors (Lipinski definition) is 0. The van der Waals surface area contributed by atoms with Gasteiger partial charge in [0.1, 0.15) is 0 Å². The summed E-state index contributed by atoms with van der Waals surface area (Å²) in [4.78, 5) is 0. The van der Waals surface area contributed by atoms with Crippen LogP contribution in [-0.2, 0) is 9.16 Å². The second kappa shape index (κ2) is 24.8. The van der Waals surface area contributed by atoms with Crippen LogP contribution >= 0.6 is 0 Å². The zero-order valence-electron chi connectivity index (χ0n) is 22.3. The summed E-state index contributed by atoms with van der Waals surface area (Å²) in [5.74, 6) is 0. The monoisotopic (exact) mass is 456 g/mol. The highest BCUT2D eigenvalue weighted by atomic mass is 28.4. The van der Waals surface area contributed by atoms with Gasteiger partial charge in [0.05, 0.1) is 13.2 Å². The average molecular weight is 457 g/mol. The molecule has 31 heavy (non-hydrogen) atoms. The fourth-order valence-electron chi connectivity index (χ4n) is 4.74. The van der Waals surface area contributed by atoms with Crippen LogP contribution in [0, 0.1) is 0 Å². The van der Waals surface area contributed by atoms with Crippen molar-refractivity contribution in [2.24, 2.45) is 0 Å². The predicted octanol–water partition coefficient (Wildman–Crippen LogP) is 10.1. The van der Waals surface area contributed by atoms with Crippen LogP contribution in [0.4, 0.5) is 0 Å². The molecule has 0 aromatic carbocycles. The van der Waals surface area contributed by atoms with Gasteiger partial charge in [0.25, 0.3) is 0 Å². The van der Waals surface area contributed by atoms with Crippen LogP contribution in [0.25, 0.3) is 0 Å². The lowest BCUT2D eigenvalue weighted by Gasteiger charge is -2.32. The first kappa shape index (κ1) is 31.1. The second-order valence-corrected chi connectivity index (χ2v) is 13.9. The maximum atomic E-state index is 6.83. The summed E-state index contributed by atoms with van der Waals surface area (Å²) < 4.78 is 12.5. The van der Waals surface area contributed by atoms with E-state index in [2.05, 4.69) is 27.7 Å². The number of unbranched alkanes of at least 4 members (excludes halogenated alkanes) is 15. The van der Waals surface area contributed by atoms with Gasteiger partial charge in [-0.25, -0.2) is 0 Å². The minimum absolute atomic E-state index is 0.786. The van der Waals surface area contributed by atoms with Gasteiger partial charge < -0.3 is 9.16 Å². The Morgan fingerprint density at radius 2 is 0.774 bits per heavy atom. The summed E-state index contributed by atoms with van der Waals surface area (Å²) in [6, 6.07) is 4.19. The van der Waals surface area contributed by atoms with Gasteiger partial charge in [0, 0.05) is 6.61 Å². The van der Waals surface area contributed by atoms with E-state index >= 15 is 0 Å². The number of rotatable bonds is 26. The van der Waals surface area contributed by atoms with Gasteiger partial charge in [-0.2, -0.15) is 0 Å². The molecule has 0 aromatic heterocycles. The van der Waals surface area contributed by atoms with Crippen molar-refractivity contribution < 1.29 is 9.16 Å². The molecule has 0 saturated heterocycles. The van der Waals surface area contributed by atoms with Gasteiger partial charge >= 0.3 is 0 Å². The third kappa shape index (κ3) is 20.5. The largest absolute Gasteiger partial charge is 0.414 e. The maximum Gasteiger partial charge on any atom is 0.192 e. The molecule has 0 atom stereocenters. The van der Waals surface area contributed by atoms with Crippen molar-refractivity contribution >= 4 is 8.32 Å². The molecule has 0 radical (unpaired) electrons. The average Bonchev–Trinajstić information content (AvgIpc) is 2.78.